The Morgan fingerprint density at radius 3 is 2.76 bits per heavy atom. The number of Topliss-reactive ketones (excluding diaryl/α,β-unsaturated/α-hetero) is 1. The molecule has 0 spiro atoms. The Hall–Kier alpha value is -2.35. The van der Waals surface area contributed by atoms with Gasteiger partial charge < -0.3 is 5.32 Å². The highest BCUT2D eigenvalue weighted by Crippen LogP contribution is 2.47. The van der Waals surface area contributed by atoms with Crippen LogP contribution < -0.4 is 5.32 Å². The van der Waals surface area contributed by atoms with E-state index in [9.17, 15) is 9.18 Å². The lowest BCUT2D eigenvalue weighted by atomic mass is 9.73. The first-order valence-corrected chi connectivity index (χ1v) is 12.3. The van der Waals surface area contributed by atoms with Gasteiger partial charge in [0.2, 0.25) is 11.1 Å². The number of ketones is 1. The molecule has 1 aliphatic carbocycles. The highest BCUT2D eigenvalue weighted by atomic mass is 35.5. The number of nitrogens with zero attached hydrogens (tertiary/aromatic N) is 3. The standard InChI is InChI=1S/C24H21Cl2FN4OS/c1-24(2)10-18-20(19(32)11-24)21(15-8-7-14(25)9-16(15)26)31-22(28-18)29-23(30-31)33-12-13-5-3-4-6-17(13)27/h3-9,21H,10-12H2,1-2H3,(H,28,29,30). The Balaban J connectivity index is 1.56. The van der Waals surface area contributed by atoms with Crippen LogP contribution >= 0.6 is 35.0 Å². The van der Waals surface area contributed by atoms with Crippen molar-refractivity contribution in [3.05, 3.63) is 80.7 Å². The largest absolute Gasteiger partial charge is 0.328 e. The average Bonchev–Trinajstić information content (AvgIpc) is 3.13. The van der Waals surface area contributed by atoms with Crippen LogP contribution in [0.2, 0.25) is 10.0 Å². The topological polar surface area (TPSA) is 59.8 Å². The van der Waals surface area contributed by atoms with Gasteiger partial charge in [-0.2, -0.15) is 4.98 Å². The molecule has 170 valence electrons. The van der Waals surface area contributed by atoms with Gasteiger partial charge in [0.05, 0.1) is 0 Å². The summed E-state index contributed by atoms with van der Waals surface area (Å²) in [7, 11) is 0. The van der Waals surface area contributed by atoms with E-state index in [1.165, 1.54) is 17.8 Å². The number of benzene rings is 2. The monoisotopic (exact) mass is 502 g/mol. The molecule has 1 unspecified atom stereocenters. The van der Waals surface area contributed by atoms with Crippen LogP contribution in [0.5, 0.6) is 0 Å². The van der Waals surface area contributed by atoms with E-state index in [1.54, 1.807) is 35.0 Å². The number of rotatable bonds is 4. The predicted octanol–water partition coefficient (Wildman–Crippen LogP) is 6.67. The Morgan fingerprint density at radius 2 is 2.00 bits per heavy atom. The first-order valence-electron chi connectivity index (χ1n) is 10.5. The fourth-order valence-corrected chi connectivity index (χ4v) is 5.75. The van der Waals surface area contributed by atoms with Gasteiger partial charge in [0.25, 0.3) is 0 Å². The van der Waals surface area contributed by atoms with Crippen molar-refractivity contribution in [3.8, 4) is 0 Å². The number of thioether (sulfide) groups is 1. The number of hydrogen-bond acceptors (Lipinski definition) is 5. The zero-order valence-electron chi connectivity index (χ0n) is 18.0. The van der Waals surface area contributed by atoms with Gasteiger partial charge in [0.1, 0.15) is 11.9 Å². The fraction of sp³-hybridized carbons (Fsp3) is 0.292. The number of carbonyl (C=O) groups excluding carboxylic acids is 1. The van der Waals surface area contributed by atoms with E-state index in [1.807, 2.05) is 6.07 Å². The number of fused-ring (bicyclic) bond motifs is 1. The third-order valence-electron chi connectivity index (χ3n) is 5.88. The molecule has 0 saturated carbocycles. The van der Waals surface area contributed by atoms with Gasteiger partial charge in [-0.1, -0.05) is 73.1 Å². The molecule has 2 heterocycles. The molecule has 2 aliphatic rings. The summed E-state index contributed by atoms with van der Waals surface area (Å²) in [6.07, 6.45) is 1.15. The fourth-order valence-electron chi connectivity index (χ4n) is 4.42. The van der Waals surface area contributed by atoms with Crippen LogP contribution in [0.25, 0.3) is 0 Å². The van der Waals surface area contributed by atoms with E-state index in [4.69, 9.17) is 23.2 Å². The van der Waals surface area contributed by atoms with Crippen molar-refractivity contribution in [1.82, 2.24) is 14.8 Å². The minimum Gasteiger partial charge on any atom is -0.328 e. The summed E-state index contributed by atoms with van der Waals surface area (Å²) in [4.78, 5) is 17.9. The molecule has 0 radical (unpaired) electrons. The van der Waals surface area contributed by atoms with Gasteiger partial charge in [-0.3, -0.25) is 4.79 Å². The van der Waals surface area contributed by atoms with E-state index >= 15 is 0 Å². The molecule has 0 amide bonds. The minimum absolute atomic E-state index is 0.0616. The number of hydrogen-bond donors (Lipinski definition) is 1. The summed E-state index contributed by atoms with van der Waals surface area (Å²) in [5.74, 6) is 0.724. The zero-order valence-corrected chi connectivity index (χ0v) is 20.4. The second-order valence-corrected chi connectivity index (χ2v) is 10.9. The molecule has 0 bridgehead atoms. The first kappa shape index (κ1) is 22.4. The number of halogens is 3. The summed E-state index contributed by atoms with van der Waals surface area (Å²) in [5.41, 5.74) is 2.65. The second-order valence-electron chi connectivity index (χ2n) is 9.07. The van der Waals surface area contributed by atoms with Crippen molar-refractivity contribution in [3.63, 3.8) is 0 Å². The zero-order chi connectivity index (χ0) is 23.3. The van der Waals surface area contributed by atoms with Gasteiger partial charge in [0.15, 0.2) is 5.78 Å². The molecule has 5 rings (SSSR count). The maximum atomic E-state index is 14.1. The van der Waals surface area contributed by atoms with Crippen LogP contribution in [0.4, 0.5) is 10.3 Å². The normalized spacial score (nSPS) is 19.2. The molecular formula is C24H21Cl2FN4OS. The van der Waals surface area contributed by atoms with Crippen LogP contribution in [0.3, 0.4) is 0 Å². The second kappa shape index (κ2) is 8.46. The average molecular weight is 503 g/mol. The summed E-state index contributed by atoms with van der Waals surface area (Å²) >= 11 is 14.1. The van der Waals surface area contributed by atoms with Gasteiger partial charge in [-0.05, 0) is 35.6 Å². The first-order chi connectivity index (χ1) is 15.7. The number of nitrogens with one attached hydrogen (secondary N) is 1. The maximum Gasteiger partial charge on any atom is 0.227 e. The van der Waals surface area contributed by atoms with Crippen LogP contribution in [0.15, 0.2) is 58.9 Å². The lowest BCUT2D eigenvalue weighted by Crippen LogP contribution is -2.36. The quantitative estimate of drug-likeness (QED) is 0.403. The molecule has 9 heteroatoms. The number of carbonyl (C=O) groups is 1. The van der Waals surface area contributed by atoms with E-state index in [2.05, 4.69) is 29.2 Å². The Labute approximate surface area is 205 Å². The highest BCUT2D eigenvalue weighted by Gasteiger charge is 2.42. The summed E-state index contributed by atoms with van der Waals surface area (Å²) < 4.78 is 15.8. The highest BCUT2D eigenvalue weighted by molar-refractivity contribution is 7.98. The molecule has 5 nitrogen and oxygen atoms in total. The Bertz CT molecular complexity index is 1300. The molecule has 1 atom stereocenters. The molecule has 33 heavy (non-hydrogen) atoms. The third-order valence-corrected chi connectivity index (χ3v) is 7.33. The summed E-state index contributed by atoms with van der Waals surface area (Å²) in [6.45, 7) is 4.16. The molecule has 1 aromatic heterocycles. The van der Waals surface area contributed by atoms with Crippen LogP contribution in [-0.2, 0) is 10.5 Å². The molecule has 3 aromatic rings. The van der Waals surface area contributed by atoms with Gasteiger partial charge in [-0.15, -0.1) is 5.10 Å². The summed E-state index contributed by atoms with van der Waals surface area (Å²) in [6, 6.07) is 11.4. The molecule has 2 aromatic carbocycles. The van der Waals surface area contributed by atoms with Crippen molar-refractivity contribution in [2.75, 3.05) is 5.32 Å². The van der Waals surface area contributed by atoms with E-state index in [0.29, 0.717) is 50.9 Å². The van der Waals surface area contributed by atoms with Gasteiger partial charge in [-0.25, -0.2) is 9.07 Å². The minimum atomic E-state index is -0.514. The maximum absolute atomic E-state index is 14.1. The van der Waals surface area contributed by atoms with Crippen molar-refractivity contribution < 1.29 is 9.18 Å². The molecule has 0 saturated heterocycles. The lowest BCUT2D eigenvalue weighted by Gasteiger charge is -2.38. The van der Waals surface area contributed by atoms with E-state index < -0.39 is 6.04 Å². The van der Waals surface area contributed by atoms with E-state index in [-0.39, 0.29) is 17.0 Å². The van der Waals surface area contributed by atoms with Gasteiger partial charge >= 0.3 is 0 Å². The third kappa shape index (κ3) is 4.29. The van der Waals surface area contributed by atoms with E-state index in [0.717, 1.165) is 11.3 Å². The summed E-state index contributed by atoms with van der Waals surface area (Å²) in [5, 5.41) is 9.49. The van der Waals surface area contributed by atoms with Gasteiger partial charge in [0, 0.05) is 39.1 Å². The van der Waals surface area contributed by atoms with Crippen molar-refractivity contribution in [2.24, 2.45) is 5.41 Å². The molecule has 1 aliphatic heterocycles. The molecular weight excluding hydrogens is 482 g/mol. The van der Waals surface area contributed by atoms with Crippen molar-refractivity contribution in [1.29, 1.82) is 0 Å². The molecule has 1 N–H and O–H groups in total. The van der Waals surface area contributed by atoms with Crippen LogP contribution in [0.1, 0.15) is 43.9 Å². The van der Waals surface area contributed by atoms with Crippen LogP contribution in [-0.4, -0.2) is 20.5 Å². The van der Waals surface area contributed by atoms with Crippen molar-refractivity contribution >= 4 is 46.7 Å². The number of aromatic nitrogens is 3. The Kier molecular flexibility index (Phi) is 5.75. The smallest absolute Gasteiger partial charge is 0.227 e. The number of anilines is 1. The number of allylic oxidation sites excluding steroid dienone is 2. The lowest BCUT2D eigenvalue weighted by molar-refractivity contribution is -0.118. The van der Waals surface area contributed by atoms with Crippen molar-refractivity contribution in [2.45, 2.75) is 43.6 Å². The Morgan fingerprint density at radius 1 is 1.21 bits per heavy atom. The predicted molar refractivity (Wildman–Crippen MR) is 129 cm³/mol. The SMILES string of the molecule is CC1(C)CC(=O)C2=C(C1)Nc1nc(SCc3ccccc3F)nn1C2c1ccc(Cl)cc1Cl. The molecule has 0 fully saturated rings. The van der Waals surface area contributed by atoms with Crippen LogP contribution in [0, 0.1) is 11.2 Å².